The molecule has 1 amide bonds. The smallest absolute Gasteiger partial charge is 0.334 e. The molecule has 0 saturated carbocycles. The molecule has 6 nitrogen and oxygen atoms in total. The van der Waals surface area contributed by atoms with Gasteiger partial charge in [-0.15, -0.1) is 0 Å². The maximum absolute atomic E-state index is 11.4. The molecule has 0 aromatic rings. The second-order valence-corrected chi connectivity index (χ2v) is 7.60. The SMILES string of the molecule is CCO[Si](C)(CCCNC(=O)/C=C/C(=O)OC)OCC. The highest BCUT2D eigenvalue weighted by Crippen LogP contribution is 2.15. The van der Waals surface area contributed by atoms with Crippen LogP contribution in [0.2, 0.25) is 12.6 Å². The Morgan fingerprint density at radius 3 is 2.25 bits per heavy atom. The van der Waals surface area contributed by atoms with Crippen molar-refractivity contribution in [3.63, 3.8) is 0 Å². The molecule has 1 N–H and O–H groups in total. The third-order valence-corrected chi connectivity index (χ3v) is 5.64. The number of carbonyl (C=O) groups is 2. The van der Waals surface area contributed by atoms with Crippen LogP contribution in [0.4, 0.5) is 0 Å². The molecule has 0 aliphatic carbocycles. The minimum Gasteiger partial charge on any atom is -0.466 e. The van der Waals surface area contributed by atoms with Gasteiger partial charge in [-0.1, -0.05) is 0 Å². The summed E-state index contributed by atoms with van der Waals surface area (Å²) in [6, 6.07) is 0.815. The largest absolute Gasteiger partial charge is 0.466 e. The van der Waals surface area contributed by atoms with E-state index in [1.165, 1.54) is 7.11 Å². The zero-order valence-electron chi connectivity index (χ0n) is 12.7. The summed E-state index contributed by atoms with van der Waals surface area (Å²) in [5.74, 6) is -0.862. The van der Waals surface area contributed by atoms with Crippen molar-refractivity contribution in [2.24, 2.45) is 0 Å². The Balaban J connectivity index is 3.96. The maximum Gasteiger partial charge on any atom is 0.334 e. The molecular formula is C13H25NO5Si. The molecule has 7 heteroatoms. The first-order chi connectivity index (χ1) is 9.47. The first-order valence-corrected chi connectivity index (χ1v) is 9.31. The molecule has 0 aliphatic heterocycles. The van der Waals surface area contributed by atoms with Gasteiger partial charge in [-0.2, -0.15) is 0 Å². The predicted octanol–water partition coefficient (Wildman–Crippen LogP) is 1.37. The van der Waals surface area contributed by atoms with Gasteiger partial charge in [-0.3, -0.25) is 4.79 Å². The van der Waals surface area contributed by atoms with Crippen molar-refractivity contribution in [1.82, 2.24) is 5.32 Å². The number of hydrogen-bond donors (Lipinski definition) is 1. The number of amides is 1. The van der Waals surface area contributed by atoms with Crippen LogP contribution in [0.1, 0.15) is 20.3 Å². The van der Waals surface area contributed by atoms with Crippen LogP contribution in [-0.4, -0.2) is 47.3 Å². The molecule has 0 aromatic carbocycles. The summed E-state index contributed by atoms with van der Waals surface area (Å²) >= 11 is 0. The summed E-state index contributed by atoms with van der Waals surface area (Å²) in [6.45, 7) is 7.72. The third-order valence-electron chi connectivity index (χ3n) is 2.58. The van der Waals surface area contributed by atoms with Gasteiger partial charge in [0.25, 0.3) is 0 Å². The fraction of sp³-hybridized carbons (Fsp3) is 0.692. The van der Waals surface area contributed by atoms with Gasteiger partial charge in [0.15, 0.2) is 0 Å². The van der Waals surface area contributed by atoms with E-state index >= 15 is 0 Å². The van der Waals surface area contributed by atoms with E-state index in [9.17, 15) is 9.59 Å². The molecule has 0 spiro atoms. The lowest BCUT2D eigenvalue weighted by Gasteiger charge is -2.25. The molecule has 0 aromatic heterocycles. The van der Waals surface area contributed by atoms with Crippen LogP contribution in [0.25, 0.3) is 0 Å². The van der Waals surface area contributed by atoms with E-state index in [-0.39, 0.29) is 5.91 Å². The second kappa shape index (κ2) is 10.6. The van der Waals surface area contributed by atoms with Crippen molar-refractivity contribution in [3.05, 3.63) is 12.2 Å². The number of esters is 1. The lowest BCUT2D eigenvalue weighted by Crippen LogP contribution is -2.39. The summed E-state index contributed by atoms with van der Waals surface area (Å²) in [6.07, 6.45) is 3.03. The van der Waals surface area contributed by atoms with Gasteiger partial charge in [-0.05, 0) is 32.9 Å². The van der Waals surface area contributed by atoms with E-state index in [0.717, 1.165) is 24.6 Å². The lowest BCUT2D eigenvalue weighted by molar-refractivity contribution is -0.135. The van der Waals surface area contributed by atoms with Crippen LogP contribution < -0.4 is 5.32 Å². The van der Waals surface area contributed by atoms with Crippen molar-refractivity contribution in [2.45, 2.75) is 32.9 Å². The van der Waals surface area contributed by atoms with Crippen molar-refractivity contribution in [3.8, 4) is 0 Å². The Morgan fingerprint density at radius 1 is 1.15 bits per heavy atom. The average Bonchev–Trinajstić information content (AvgIpc) is 2.41. The first-order valence-electron chi connectivity index (χ1n) is 6.79. The van der Waals surface area contributed by atoms with Gasteiger partial charge in [0.2, 0.25) is 5.91 Å². The van der Waals surface area contributed by atoms with Crippen molar-refractivity contribution < 1.29 is 23.2 Å². The number of rotatable bonds is 10. The predicted molar refractivity (Wildman–Crippen MR) is 78.5 cm³/mol. The highest BCUT2D eigenvalue weighted by Gasteiger charge is 2.29. The van der Waals surface area contributed by atoms with E-state index in [1.54, 1.807) is 0 Å². The van der Waals surface area contributed by atoms with Gasteiger partial charge in [0.1, 0.15) is 0 Å². The Labute approximate surface area is 121 Å². The molecule has 0 fully saturated rings. The van der Waals surface area contributed by atoms with Gasteiger partial charge in [0.05, 0.1) is 7.11 Å². The molecule has 116 valence electrons. The number of ether oxygens (including phenoxy) is 1. The van der Waals surface area contributed by atoms with Crippen LogP contribution >= 0.6 is 0 Å². The molecule has 20 heavy (non-hydrogen) atoms. The Morgan fingerprint density at radius 2 is 1.75 bits per heavy atom. The van der Waals surface area contributed by atoms with Crippen LogP contribution in [0.5, 0.6) is 0 Å². The van der Waals surface area contributed by atoms with Crippen LogP contribution in [-0.2, 0) is 23.2 Å². The fourth-order valence-corrected chi connectivity index (χ4v) is 4.10. The number of carbonyl (C=O) groups excluding carboxylic acids is 2. The van der Waals surface area contributed by atoms with Crippen LogP contribution in [0, 0.1) is 0 Å². The zero-order chi connectivity index (χ0) is 15.4. The summed E-state index contributed by atoms with van der Waals surface area (Å²) in [5, 5.41) is 2.70. The molecule has 0 heterocycles. The minimum atomic E-state index is -2.11. The highest BCUT2D eigenvalue weighted by molar-refractivity contribution is 6.66. The van der Waals surface area contributed by atoms with Crippen LogP contribution in [0.3, 0.4) is 0 Å². The van der Waals surface area contributed by atoms with E-state index in [1.807, 2.05) is 20.4 Å². The van der Waals surface area contributed by atoms with E-state index in [2.05, 4.69) is 10.1 Å². The van der Waals surface area contributed by atoms with Crippen molar-refractivity contribution >= 4 is 20.4 Å². The molecule has 0 saturated heterocycles. The Hall–Kier alpha value is -1.18. The lowest BCUT2D eigenvalue weighted by atomic mass is 10.4. The van der Waals surface area contributed by atoms with Gasteiger partial charge < -0.3 is 18.9 Å². The number of nitrogens with one attached hydrogen (secondary N) is 1. The minimum absolute atomic E-state index is 0.313. The molecule has 0 rings (SSSR count). The molecule has 0 aliphatic rings. The molecular weight excluding hydrogens is 278 g/mol. The molecule has 0 atom stereocenters. The third kappa shape index (κ3) is 8.84. The topological polar surface area (TPSA) is 73.9 Å². The van der Waals surface area contributed by atoms with Gasteiger partial charge in [0, 0.05) is 31.9 Å². The van der Waals surface area contributed by atoms with Crippen molar-refractivity contribution in [1.29, 1.82) is 0 Å². The molecule has 0 unspecified atom stereocenters. The summed E-state index contributed by atoms with van der Waals surface area (Å²) in [7, 11) is -0.846. The van der Waals surface area contributed by atoms with E-state index in [0.29, 0.717) is 19.8 Å². The quantitative estimate of drug-likeness (QED) is 0.285. The number of methoxy groups -OCH3 is 1. The molecule has 0 bridgehead atoms. The highest BCUT2D eigenvalue weighted by atomic mass is 28.4. The summed E-state index contributed by atoms with van der Waals surface area (Å²) in [4.78, 5) is 22.2. The Bertz CT molecular complexity index is 327. The Kier molecular flexibility index (Phi) is 9.96. The van der Waals surface area contributed by atoms with E-state index < -0.39 is 14.5 Å². The normalized spacial score (nSPS) is 11.6. The first kappa shape index (κ1) is 18.8. The number of hydrogen-bond acceptors (Lipinski definition) is 5. The second-order valence-electron chi connectivity index (χ2n) is 4.25. The standard InChI is InChI=1S/C13H25NO5Si/c1-5-18-20(4,19-6-2)11-7-10-14-12(15)8-9-13(16)17-3/h8-9H,5-7,10-11H2,1-4H3,(H,14,15)/b9-8+. The average molecular weight is 303 g/mol. The van der Waals surface area contributed by atoms with E-state index in [4.69, 9.17) is 8.85 Å². The molecule has 0 radical (unpaired) electrons. The monoisotopic (exact) mass is 303 g/mol. The van der Waals surface area contributed by atoms with Crippen molar-refractivity contribution in [2.75, 3.05) is 26.9 Å². The summed E-state index contributed by atoms with van der Waals surface area (Å²) < 4.78 is 15.8. The van der Waals surface area contributed by atoms with Gasteiger partial charge in [-0.25, -0.2) is 4.79 Å². The van der Waals surface area contributed by atoms with Crippen LogP contribution in [0.15, 0.2) is 12.2 Å². The fourth-order valence-electron chi connectivity index (χ4n) is 1.69. The van der Waals surface area contributed by atoms with Gasteiger partial charge >= 0.3 is 14.5 Å². The summed E-state index contributed by atoms with van der Waals surface area (Å²) in [5.41, 5.74) is 0. The maximum atomic E-state index is 11.4. The zero-order valence-corrected chi connectivity index (χ0v) is 13.7.